The van der Waals surface area contributed by atoms with Crippen LogP contribution in [0.3, 0.4) is 0 Å². The lowest BCUT2D eigenvalue weighted by Gasteiger charge is -2.31. The molecule has 2 N–H and O–H groups in total. The Morgan fingerprint density at radius 3 is 2.12 bits per heavy atom. The van der Waals surface area contributed by atoms with Gasteiger partial charge in [0.2, 0.25) is 5.91 Å². The molecule has 1 heterocycles. The minimum atomic E-state index is -1.41. The second-order valence-electron chi connectivity index (χ2n) is 4.65. The lowest BCUT2D eigenvalue weighted by Crippen LogP contribution is -2.48. The summed E-state index contributed by atoms with van der Waals surface area (Å²) in [5, 5.41) is 11.5. The van der Waals surface area contributed by atoms with E-state index in [1.54, 1.807) is 0 Å². The Morgan fingerprint density at radius 2 is 1.65 bits per heavy atom. The summed E-state index contributed by atoms with van der Waals surface area (Å²) in [6, 6.07) is 0.0842. The van der Waals surface area contributed by atoms with E-state index in [-0.39, 0.29) is 17.9 Å². The Morgan fingerprint density at radius 1 is 1.06 bits per heavy atom. The molecule has 2 amide bonds. The van der Waals surface area contributed by atoms with Crippen molar-refractivity contribution in [1.82, 2.24) is 10.2 Å². The first-order valence-electron chi connectivity index (χ1n) is 5.90. The number of piperidine rings is 1. The van der Waals surface area contributed by atoms with Gasteiger partial charge in [0.15, 0.2) is 0 Å². The average molecular weight is 240 g/mol. The van der Waals surface area contributed by atoms with Crippen LogP contribution in [0.1, 0.15) is 25.7 Å². The van der Waals surface area contributed by atoms with Gasteiger partial charge in [-0.3, -0.25) is 9.59 Å². The van der Waals surface area contributed by atoms with Crippen molar-refractivity contribution < 1.29 is 19.5 Å². The average Bonchev–Trinajstić information content (AvgIpc) is 3.12. The number of carboxylic acid groups (broad SMARTS) is 1. The molecule has 0 bridgehead atoms. The molecule has 0 aromatic carbocycles. The van der Waals surface area contributed by atoms with Gasteiger partial charge in [0.05, 0.1) is 0 Å². The quantitative estimate of drug-likeness (QED) is 0.642. The Bertz CT molecular complexity index is 343. The molecule has 0 aromatic rings. The molecule has 1 aliphatic heterocycles. The van der Waals surface area contributed by atoms with E-state index in [4.69, 9.17) is 5.11 Å². The first kappa shape index (κ1) is 11.9. The third kappa shape index (κ3) is 2.95. The normalized spacial score (nSPS) is 21.1. The minimum Gasteiger partial charge on any atom is -0.474 e. The van der Waals surface area contributed by atoms with Crippen LogP contribution in [0, 0.1) is 5.92 Å². The summed E-state index contributed by atoms with van der Waals surface area (Å²) in [5.41, 5.74) is 0. The molecule has 1 aliphatic carbocycles. The fourth-order valence-corrected chi connectivity index (χ4v) is 2.03. The number of carbonyl (C=O) groups is 3. The van der Waals surface area contributed by atoms with E-state index in [9.17, 15) is 14.4 Å². The van der Waals surface area contributed by atoms with Crippen LogP contribution < -0.4 is 5.32 Å². The number of aliphatic carboxylic acids is 1. The molecule has 1 saturated heterocycles. The van der Waals surface area contributed by atoms with E-state index in [0.717, 1.165) is 12.8 Å². The van der Waals surface area contributed by atoms with Crippen molar-refractivity contribution in [3.63, 3.8) is 0 Å². The summed E-state index contributed by atoms with van der Waals surface area (Å²) in [7, 11) is 0. The number of carboxylic acids is 1. The minimum absolute atomic E-state index is 0.0842. The maximum atomic E-state index is 11.5. The highest BCUT2D eigenvalue weighted by Gasteiger charge is 2.32. The van der Waals surface area contributed by atoms with Crippen LogP contribution in [0.2, 0.25) is 0 Å². The zero-order chi connectivity index (χ0) is 12.4. The molecule has 6 heteroatoms. The van der Waals surface area contributed by atoms with Gasteiger partial charge < -0.3 is 15.3 Å². The van der Waals surface area contributed by atoms with Crippen molar-refractivity contribution >= 4 is 17.8 Å². The highest BCUT2D eigenvalue weighted by molar-refractivity contribution is 6.31. The Hall–Kier alpha value is -1.59. The van der Waals surface area contributed by atoms with Gasteiger partial charge in [-0.2, -0.15) is 0 Å². The fourth-order valence-electron chi connectivity index (χ4n) is 2.03. The summed E-state index contributed by atoms with van der Waals surface area (Å²) in [5.74, 6) is -1.97. The summed E-state index contributed by atoms with van der Waals surface area (Å²) < 4.78 is 0. The predicted octanol–water partition coefficient (Wildman–Crippen LogP) is -0.412. The van der Waals surface area contributed by atoms with Crippen LogP contribution >= 0.6 is 0 Å². The van der Waals surface area contributed by atoms with E-state index in [1.807, 2.05) is 0 Å². The summed E-state index contributed by atoms with van der Waals surface area (Å²) in [6.07, 6.45) is 3.22. The van der Waals surface area contributed by atoms with Crippen LogP contribution in [-0.4, -0.2) is 46.9 Å². The van der Waals surface area contributed by atoms with E-state index < -0.39 is 11.9 Å². The van der Waals surface area contributed by atoms with E-state index in [2.05, 4.69) is 5.32 Å². The Labute approximate surface area is 99.0 Å². The topological polar surface area (TPSA) is 86.7 Å². The third-order valence-electron chi connectivity index (χ3n) is 3.26. The molecule has 94 valence electrons. The molecule has 0 spiro atoms. The smallest absolute Gasteiger partial charge is 0.394 e. The lowest BCUT2D eigenvalue weighted by atomic mass is 10.0. The number of nitrogens with one attached hydrogen (secondary N) is 1. The number of likely N-dealkylation sites (tertiary alicyclic amines) is 1. The summed E-state index contributed by atoms with van der Waals surface area (Å²) in [6.45, 7) is 0.807. The zero-order valence-electron chi connectivity index (χ0n) is 9.52. The molecule has 6 nitrogen and oxygen atoms in total. The van der Waals surface area contributed by atoms with Gasteiger partial charge in [0.1, 0.15) is 0 Å². The summed E-state index contributed by atoms with van der Waals surface area (Å²) in [4.78, 5) is 34.5. The highest BCUT2D eigenvalue weighted by atomic mass is 16.4. The number of amides is 2. The monoisotopic (exact) mass is 240 g/mol. The van der Waals surface area contributed by atoms with Gasteiger partial charge in [0, 0.05) is 25.0 Å². The molecule has 2 aliphatic rings. The van der Waals surface area contributed by atoms with Gasteiger partial charge in [-0.05, 0) is 25.7 Å². The van der Waals surface area contributed by atoms with Crippen molar-refractivity contribution in [1.29, 1.82) is 0 Å². The van der Waals surface area contributed by atoms with Crippen molar-refractivity contribution in [3.05, 3.63) is 0 Å². The maximum Gasteiger partial charge on any atom is 0.394 e. The first-order chi connectivity index (χ1) is 8.08. The number of hydrogen-bond donors (Lipinski definition) is 2. The molecule has 0 radical (unpaired) electrons. The molecule has 0 atom stereocenters. The van der Waals surface area contributed by atoms with E-state index >= 15 is 0 Å². The first-order valence-corrected chi connectivity index (χ1v) is 5.90. The SMILES string of the molecule is O=C(O)C(=O)N1CCC(NC(=O)C2CC2)CC1. The van der Waals surface area contributed by atoms with Crippen LogP contribution in [0.25, 0.3) is 0 Å². The van der Waals surface area contributed by atoms with Crippen LogP contribution in [0.15, 0.2) is 0 Å². The fraction of sp³-hybridized carbons (Fsp3) is 0.727. The standard InChI is InChI=1S/C11H16N2O4/c14-9(7-1-2-7)12-8-3-5-13(6-4-8)10(15)11(16)17/h7-8H,1-6H2,(H,12,14)(H,16,17). The molecule has 2 rings (SSSR count). The molecular formula is C11H16N2O4. The molecule has 1 saturated carbocycles. The van der Waals surface area contributed by atoms with E-state index in [1.165, 1.54) is 4.90 Å². The maximum absolute atomic E-state index is 11.5. The Kier molecular flexibility index (Phi) is 3.31. The third-order valence-corrected chi connectivity index (χ3v) is 3.26. The van der Waals surface area contributed by atoms with Crippen LogP contribution in [0.4, 0.5) is 0 Å². The number of carbonyl (C=O) groups excluding carboxylic acids is 2. The second-order valence-corrected chi connectivity index (χ2v) is 4.65. The van der Waals surface area contributed by atoms with Crippen molar-refractivity contribution in [2.45, 2.75) is 31.7 Å². The van der Waals surface area contributed by atoms with Gasteiger partial charge in [-0.25, -0.2) is 4.79 Å². The van der Waals surface area contributed by atoms with Gasteiger partial charge in [-0.15, -0.1) is 0 Å². The second kappa shape index (κ2) is 4.73. The van der Waals surface area contributed by atoms with Crippen molar-refractivity contribution in [2.24, 2.45) is 5.92 Å². The van der Waals surface area contributed by atoms with Gasteiger partial charge >= 0.3 is 11.9 Å². The van der Waals surface area contributed by atoms with Crippen molar-refractivity contribution in [3.8, 4) is 0 Å². The summed E-state index contributed by atoms with van der Waals surface area (Å²) >= 11 is 0. The largest absolute Gasteiger partial charge is 0.474 e. The number of rotatable bonds is 2. The van der Waals surface area contributed by atoms with Crippen LogP contribution in [-0.2, 0) is 14.4 Å². The molecule has 17 heavy (non-hydrogen) atoms. The van der Waals surface area contributed by atoms with E-state index in [0.29, 0.717) is 25.9 Å². The molecule has 2 fully saturated rings. The Balaban J connectivity index is 1.75. The molecule has 0 unspecified atom stereocenters. The highest BCUT2D eigenvalue weighted by Crippen LogP contribution is 2.29. The lowest BCUT2D eigenvalue weighted by molar-refractivity contribution is -0.156. The number of nitrogens with zero attached hydrogens (tertiary/aromatic N) is 1. The number of hydrogen-bond acceptors (Lipinski definition) is 3. The zero-order valence-corrected chi connectivity index (χ0v) is 9.52. The molecular weight excluding hydrogens is 224 g/mol. The van der Waals surface area contributed by atoms with Gasteiger partial charge in [-0.1, -0.05) is 0 Å². The van der Waals surface area contributed by atoms with Crippen LogP contribution in [0.5, 0.6) is 0 Å². The van der Waals surface area contributed by atoms with Crippen molar-refractivity contribution in [2.75, 3.05) is 13.1 Å². The van der Waals surface area contributed by atoms with Gasteiger partial charge in [0.25, 0.3) is 0 Å². The molecule has 0 aromatic heterocycles. The predicted molar refractivity (Wildman–Crippen MR) is 58.1 cm³/mol.